The number of nitrogens with zero attached hydrogens (tertiary/aromatic N) is 3. The average Bonchev–Trinajstić information content (AvgIpc) is 2.91. The summed E-state index contributed by atoms with van der Waals surface area (Å²) < 4.78 is 0. The minimum absolute atomic E-state index is 0.223. The van der Waals surface area contributed by atoms with Crippen molar-refractivity contribution in [2.24, 2.45) is 17.8 Å². The number of hydrogen-bond donors (Lipinski definition) is 1. The maximum atomic E-state index is 11.8. The molecule has 0 aromatic carbocycles. The summed E-state index contributed by atoms with van der Waals surface area (Å²) in [5, 5.41) is 3.47. The van der Waals surface area contributed by atoms with Crippen molar-refractivity contribution in [2.45, 2.75) is 6.42 Å². The van der Waals surface area contributed by atoms with Gasteiger partial charge in [-0.15, -0.1) is 0 Å². The smallest absolute Gasteiger partial charge is 0.236 e. The first-order valence-corrected chi connectivity index (χ1v) is 8.00. The van der Waals surface area contributed by atoms with E-state index >= 15 is 0 Å². The fourth-order valence-electron chi connectivity index (χ4n) is 3.81. The first-order valence-electron chi connectivity index (χ1n) is 8.00. The van der Waals surface area contributed by atoms with Gasteiger partial charge >= 0.3 is 0 Å². The molecule has 5 nitrogen and oxygen atoms in total. The largest absolute Gasteiger partial charge is 0.348 e. The Bertz CT molecular complexity index is 350. The van der Waals surface area contributed by atoms with Gasteiger partial charge in [0.25, 0.3) is 0 Å². The van der Waals surface area contributed by atoms with Gasteiger partial charge in [-0.3, -0.25) is 9.69 Å². The van der Waals surface area contributed by atoms with Gasteiger partial charge in [0.2, 0.25) is 5.91 Å². The summed E-state index contributed by atoms with van der Waals surface area (Å²) in [5.74, 6) is 3.10. The van der Waals surface area contributed by atoms with Gasteiger partial charge in [-0.25, -0.2) is 0 Å². The van der Waals surface area contributed by atoms with Crippen LogP contribution in [0.2, 0.25) is 0 Å². The minimum atomic E-state index is 0.223. The topological polar surface area (TPSA) is 38.8 Å². The molecular weight excluding hydrogens is 252 g/mol. The molecule has 1 amide bonds. The molecule has 0 aromatic heterocycles. The Morgan fingerprint density at radius 3 is 2.45 bits per heavy atom. The molecule has 2 saturated heterocycles. The van der Waals surface area contributed by atoms with Crippen LogP contribution in [0.5, 0.6) is 0 Å². The highest BCUT2D eigenvalue weighted by Gasteiger charge is 2.52. The van der Waals surface area contributed by atoms with E-state index in [9.17, 15) is 4.79 Å². The van der Waals surface area contributed by atoms with Crippen molar-refractivity contribution < 1.29 is 4.79 Å². The third kappa shape index (κ3) is 3.15. The number of nitrogens with one attached hydrogen (secondary N) is 1. The summed E-state index contributed by atoms with van der Waals surface area (Å²) in [7, 11) is 3.68. The molecule has 1 unspecified atom stereocenters. The highest BCUT2D eigenvalue weighted by molar-refractivity contribution is 5.77. The van der Waals surface area contributed by atoms with E-state index in [2.05, 4.69) is 15.1 Å². The van der Waals surface area contributed by atoms with Crippen LogP contribution >= 0.6 is 0 Å². The van der Waals surface area contributed by atoms with E-state index in [-0.39, 0.29) is 5.91 Å². The number of amides is 1. The second kappa shape index (κ2) is 6.00. The highest BCUT2D eigenvalue weighted by atomic mass is 16.2. The Kier molecular flexibility index (Phi) is 4.29. The van der Waals surface area contributed by atoms with E-state index in [1.54, 1.807) is 4.90 Å². The molecule has 3 aliphatic rings. The van der Waals surface area contributed by atoms with E-state index in [1.807, 2.05) is 14.1 Å². The number of carbonyl (C=O) groups is 1. The van der Waals surface area contributed by atoms with Crippen LogP contribution in [0.25, 0.3) is 0 Å². The number of likely N-dealkylation sites (N-methyl/N-ethyl adjacent to an activating group) is 1. The summed E-state index contributed by atoms with van der Waals surface area (Å²) in [6.45, 7) is 8.79. The van der Waals surface area contributed by atoms with Crippen LogP contribution in [-0.2, 0) is 4.79 Å². The quantitative estimate of drug-likeness (QED) is 0.757. The molecule has 2 aliphatic heterocycles. The molecule has 0 radical (unpaired) electrons. The van der Waals surface area contributed by atoms with Crippen molar-refractivity contribution in [1.29, 1.82) is 0 Å². The summed E-state index contributed by atoms with van der Waals surface area (Å²) in [6, 6.07) is 0. The molecule has 0 bridgehead atoms. The number of carbonyl (C=O) groups excluding carboxylic acids is 1. The summed E-state index contributed by atoms with van der Waals surface area (Å²) in [4.78, 5) is 18.4. The fourth-order valence-corrected chi connectivity index (χ4v) is 3.81. The fraction of sp³-hybridized carbons (Fsp3) is 0.933. The van der Waals surface area contributed by atoms with Crippen molar-refractivity contribution in [3.63, 3.8) is 0 Å². The van der Waals surface area contributed by atoms with Gasteiger partial charge in [0, 0.05) is 33.7 Å². The molecular formula is C15H28N4O. The Morgan fingerprint density at radius 2 is 1.75 bits per heavy atom. The van der Waals surface area contributed by atoms with E-state index in [0.29, 0.717) is 6.54 Å². The van der Waals surface area contributed by atoms with Gasteiger partial charge in [-0.2, -0.15) is 0 Å². The second-order valence-electron chi connectivity index (χ2n) is 6.87. The molecule has 3 fully saturated rings. The summed E-state index contributed by atoms with van der Waals surface area (Å²) >= 11 is 0. The lowest BCUT2D eigenvalue weighted by atomic mass is 10.2. The van der Waals surface area contributed by atoms with Crippen LogP contribution < -0.4 is 5.32 Å². The molecule has 20 heavy (non-hydrogen) atoms. The number of hydrogen-bond acceptors (Lipinski definition) is 4. The van der Waals surface area contributed by atoms with Gasteiger partial charge in [0.1, 0.15) is 0 Å². The molecule has 1 saturated carbocycles. The van der Waals surface area contributed by atoms with Gasteiger partial charge in [0.15, 0.2) is 0 Å². The first kappa shape index (κ1) is 14.3. The zero-order valence-corrected chi connectivity index (χ0v) is 12.8. The predicted octanol–water partition coefficient (Wildman–Crippen LogP) is -0.452. The second-order valence-corrected chi connectivity index (χ2v) is 6.87. The van der Waals surface area contributed by atoms with E-state index in [1.165, 1.54) is 32.6 Å². The molecule has 5 heteroatoms. The highest BCUT2D eigenvalue weighted by Crippen LogP contribution is 2.48. The zero-order chi connectivity index (χ0) is 14.1. The van der Waals surface area contributed by atoms with E-state index in [4.69, 9.17) is 0 Å². The summed E-state index contributed by atoms with van der Waals surface area (Å²) in [6.07, 6.45) is 1.20. The van der Waals surface area contributed by atoms with Crippen LogP contribution in [0.4, 0.5) is 0 Å². The zero-order valence-electron chi connectivity index (χ0n) is 12.8. The molecule has 3 rings (SSSR count). The molecule has 1 N–H and O–H groups in total. The Morgan fingerprint density at radius 1 is 1.10 bits per heavy atom. The van der Waals surface area contributed by atoms with Crippen LogP contribution in [-0.4, -0.2) is 87.1 Å². The van der Waals surface area contributed by atoms with Crippen molar-refractivity contribution >= 4 is 5.91 Å². The maximum Gasteiger partial charge on any atom is 0.236 e. The van der Waals surface area contributed by atoms with Crippen LogP contribution in [0, 0.1) is 17.8 Å². The normalized spacial score (nSPS) is 34.6. The lowest BCUT2D eigenvalue weighted by Gasteiger charge is -2.23. The van der Waals surface area contributed by atoms with Crippen molar-refractivity contribution in [2.75, 3.05) is 66.5 Å². The van der Waals surface area contributed by atoms with Crippen molar-refractivity contribution in [3.8, 4) is 0 Å². The third-order valence-electron chi connectivity index (χ3n) is 5.28. The number of rotatable bonds is 4. The van der Waals surface area contributed by atoms with Crippen molar-refractivity contribution in [1.82, 2.24) is 20.0 Å². The average molecular weight is 280 g/mol. The standard InChI is InChI=1S/C15H28N4O/c1-17(2)15(20)11-19-5-3-4-18(6-7-19)10-14-12-8-16-9-13(12)14/h12-14,16H,3-11H2,1-2H3/t12-,13+,14?. The van der Waals surface area contributed by atoms with Gasteiger partial charge < -0.3 is 15.1 Å². The minimum Gasteiger partial charge on any atom is -0.348 e. The molecule has 2 heterocycles. The lowest BCUT2D eigenvalue weighted by molar-refractivity contribution is -0.129. The molecule has 0 aromatic rings. The van der Waals surface area contributed by atoms with Crippen LogP contribution in [0.1, 0.15) is 6.42 Å². The van der Waals surface area contributed by atoms with E-state index < -0.39 is 0 Å². The number of piperidine rings is 1. The number of fused-ring (bicyclic) bond motifs is 1. The maximum absolute atomic E-state index is 11.8. The molecule has 0 spiro atoms. The molecule has 1 aliphatic carbocycles. The van der Waals surface area contributed by atoms with Crippen LogP contribution in [0.3, 0.4) is 0 Å². The third-order valence-corrected chi connectivity index (χ3v) is 5.28. The Balaban J connectivity index is 1.41. The summed E-state index contributed by atoms with van der Waals surface area (Å²) in [5.41, 5.74) is 0. The van der Waals surface area contributed by atoms with Crippen LogP contribution in [0.15, 0.2) is 0 Å². The lowest BCUT2D eigenvalue weighted by Crippen LogP contribution is -2.39. The molecule has 114 valence electrons. The SMILES string of the molecule is CN(C)C(=O)CN1CCCN(CC2[C@H]3CNC[C@@H]23)CC1. The van der Waals surface area contributed by atoms with Gasteiger partial charge in [0.05, 0.1) is 6.54 Å². The van der Waals surface area contributed by atoms with Crippen molar-refractivity contribution in [3.05, 3.63) is 0 Å². The van der Waals surface area contributed by atoms with Gasteiger partial charge in [-0.05, 0) is 50.4 Å². The monoisotopic (exact) mass is 280 g/mol. The molecule has 3 atom stereocenters. The van der Waals surface area contributed by atoms with Gasteiger partial charge in [-0.1, -0.05) is 0 Å². The Hall–Kier alpha value is -0.650. The Labute approximate surface area is 122 Å². The van der Waals surface area contributed by atoms with E-state index in [0.717, 1.165) is 37.4 Å². The first-order chi connectivity index (χ1) is 9.65. The predicted molar refractivity (Wildman–Crippen MR) is 79.5 cm³/mol.